The third-order valence-corrected chi connectivity index (χ3v) is 7.18. The van der Waals surface area contributed by atoms with Crippen LogP contribution in [0.3, 0.4) is 0 Å². The zero-order valence-electron chi connectivity index (χ0n) is 17.8. The Morgan fingerprint density at radius 2 is 1.73 bits per heavy atom. The fourth-order valence-corrected chi connectivity index (χ4v) is 5.03. The number of sulfonamides is 1. The van der Waals surface area contributed by atoms with Crippen LogP contribution in [0.25, 0.3) is 0 Å². The summed E-state index contributed by atoms with van der Waals surface area (Å²) in [5.74, 6) is 0.543. The van der Waals surface area contributed by atoms with Crippen LogP contribution in [0.2, 0.25) is 0 Å². The van der Waals surface area contributed by atoms with Gasteiger partial charge in [-0.2, -0.15) is 4.31 Å². The van der Waals surface area contributed by atoms with Crippen molar-refractivity contribution in [3.8, 4) is 5.75 Å². The second kappa shape index (κ2) is 9.62. The highest BCUT2D eigenvalue weighted by molar-refractivity contribution is 7.89. The van der Waals surface area contributed by atoms with Gasteiger partial charge in [0.1, 0.15) is 5.75 Å². The third kappa shape index (κ3) is 5.40. The molecule has 1 saturated heterocycles. The lowest BCUT2D eigenvalue weighted by Gasteiger charge is -2.30. The molecule has 0 bridgehead atoms. The molecule has 1 aliphatic heterocycles. The quantitative estimate of drug-likeness (QED) is 0.730. The summed E-state index contributed by atoms with van der Waals surface area (Å²) in [6.07, 6.45) is 1.09. The van der Waals surface area contributed by atoms with Crippen LogP contribution >= 0.6 is 0 Å². The number of hydrogen-bond acceptors (Lipinski definition) is 4. The van der Waals surface area contributed by atoms with Gasteiger partial charge in [0.2, 0.25) is 15.9 Å². The molecule has 0 radical (unpaired) electrons. The number of ether oxygens (including phenoxy) is 1. The van der Waals surface area contributed by atoms with Gasteiger partial charge in [0.15, 0.2) is 0 Å². The van der Waals surface area contributed by atoms with Gasteiger partial charge in [-0.05, 0) is 51.8 Å². The number of rotatable bonds is 7. The van der Waals surface area contributed by atoms with Gasteiger partial charge in [-0.3, -0.25) is 4.79 Å². The average Bonchev–Trinajstić information content (AvgIpc) is 2.73. The molecular weight excluding hydrogens is 400 g/mol. The summed E-state index contributed by atoms with van der Waals surface area (Å²) >= 11 is 0. The van der Waals surface area contributed by atoms with E-state index in [1.165, 1.54) is 4.31 Å². The summed E-state index contributed by atoms with van der Waals surface area (Å²) in [4.78, 5) is 13.0. The minimum absolute atomic E-state index is 0.0401. The molecule has 0 saturated carbocycles. The molecule has 1 aliphatic rings. The first-order valence-corrected chi connectivity index (χ1v) is 11.8. The Bertz CT molecular complexity index is 963. The van der Waals surface area contributed by atoms with Crippen molar-refractivity contribution in [3.63, 3.8) is 0 Å². The molecule has 1 N–H and O–H groups in total. The molecule has 7 heteroatoms. The molecule has 2 aromatic rings. The van der Waals surface area contributed by atoms with Gasteiger partial charge in [0.25, 0.3) is 0 Å². The fourth-order valence-electron chi connectivity index (χ4n) is 3.56. The third-order valence-electron chi connectivity index (χ3n) is 5.27. The molecule has 1 heterocycles. The molecule has 0 aromatic heterocycles. The van der Waals surface area contributed by atoms with Gasteiger partial charge in [-0.1, -0.05) is 35.9 Å². The van der Waals surface area contributed by atoms with E-state index >= 15 is 0 Å². The number of carbonyl (C=O) groups excluding carboxylic acids is 1. The minimum Gasteiger partial charge on any atom is -0.491 e. The Morgan fingerprint density at radius 1 is 1.10 bits per heavy atom. The van der Waals surface area contributed by atoms with E-state index in [-0.39, 0.29) is 17.9 Å². The number of amides is 1. The molecule has 1 amide bonds. The molecule has 1 fully saturated rings. The van der Waals surface area contributed by atoms with Crippen molar-refractivity contribution in [1.29, 1.82) is 0 Å². The van der Waals surface area contributed by atoms with E-state index in [1.807, 2.05) is 45.0 Å². The Kier molecular flexibility index (Phi) is 7.15. The van der Waals surface area contributed by atoms with Crippen LogP contribution in [0.5, 0.6) is 5.75 Å². The summed E-state index contributed by atoms with van der Waals surface area (Å²) < 4.78 is 32.9. The maximum absolute atomic E-state index is 12.8. The Hall–Kier alpha value is -2.38. The fraction of sp³-hybridized carbons (Fsp3) is 0.435. The molecule has 162 valence electrons. The van der Waals surface area contributed by atoms with E-state index in [1.54, 1.807) is 24.3 Å². The molecule has 3 rings (SSSR count). The van der Waals surface area contributed by atoms with Crippen molar-refractivity contribution in [3.05, 3.63) is 59.7 Å². The topological polar surface area (TPSA) is 75.7 Å². The molecule has 2 aromatic carbocycles. The van der Waals surface area contributed by atoms with Crippen molar-refractivity contribution in [1.82, 2.24) is 9.62 Å². The standard InChI is InChI=1S/C23H30N2O4S/c1-17(2)29-22-7-5-4-6-20(22)16-24-23(26)19-12-14-25(15-13-19)30(27,28)21-10-8-18(3)9-11-21/h4-11,17,19H,12-16H2,1-3H3,(H,24,26). The first-order valence-electron chi connectivity index (χ1n) is 10.4. The van der Waals surface area contributed by atoms with Gasteiger partial charge in [-0.15, -0.1) is 0 Å². The lowest BCUT2D eigenvalue weighted by atomic mass is 9.97. The lowest BCUT2D eigenvalue weighted by Crippen LogP contribution is -2.42. The van der Waals surface area contributed by atoms with E-state index in [0.29, 0.717) is 37.4 Å². The summed E-state index contributed by atoms with van der Waals surface area (Å²) in [6, 6.07) is 14.5. The highest BCUT2D eigenvalue weighted by Crippen LogP contribution is 2.25. The van der Waals surface area contributed by atoms with E-state index in [4.69, 9.17) is 4.74 Å². The minimum atomic E-state index is -3.52. The average molecular weight is 431 g/mol. The first kappa shape index (κ1) is 22.3. The lowest BCUT2D eigenvalue weighted by molar-refractivity contribution is -0.126. The Morgan fingerprint density at radius 3 is 2.37 bits per heavy atom. The maximum Gasteiger partial charge on any atom is 0.243 e. The summed E-state index contributed by atoms with van der Waals surface area (Å²) in [5, 5.41) is 2.99. The van der Waals surface area contributed by atoms with Crippen molar-refractivity contribution in [2.45, 2.75) is 51.2 Å². The number of nitrogens with zero attached hydrogens (tertiary/aromatic N) is 1. The van der Waals surface area contributed by atoms with Gasteiger partial charge >= 0.3 is 0 Å². The number of hydrogen-bond donors (Lipinski definition) is 1. The van der Waals surface area contributed by atoms with Crippen molar-refractivity contribution in [2.75, 3.05) is 13.1 Å². The first-order chi connectivity index (χ1) is 14.3. The van der Waals surface area contributed by atoms with Crippen LogP contribution in [0.1, 0.15) is 37.8 Å². The Balaban J connectivity index is 1.55. The molecule has 0 spiro atoms. The van der Waals surface area contributed by atoms with Crippen molar-refractivity contribution >= 4 is 15.9 Å². The largest absolute Gasteiger partial charge is 0.491 e. The van der Waals surface area contributed by atoms with Crippen LogP contribution in [-0.2, 0) is 21.4 Å². The second-order valence-corrected chi connectivity index (χ2v) is 9.92. The zero-order valence-corrected chi connectivity index (χ0v) is 18.6. The highest BCUT2D eigenvalue weighted by atomic mass is 32.2. The molecular formula is C23H30N2O4S. The normalized spacial score (nSPS) is 15.9. The van der Waals surface area contributed by atoms with Gasteiger partial charge in [-0.25, -0.2) is 8.42 Å². The van der Waals surface area contributed by atoms with Crippen molar-refractivity contribution in [2.24, 2.45) is 5.92 Å². The molecule has 0 unspecified atom stereocenters. The molecule has 6 nitrogen and oxygen atoms in total. The van der Waals surface area contributed by atoms with E-state index in [9.17, 15) is 13.2 Å². The van der Waals surface area contributed by atoms with Crippen LogP contribution in [-0.4, -0.2) is 37.8 Å². The van der Waals surface area contributed by atoms with Crippen LogP contribution in [0, 0.1) is 12.8 Å². The highest BCUT2D eigenvalue weighted by Gasteiger charge is 2.32. The summed E-state index contributed by atoms with van der Waals surface area (Å²) in [5.41, 5.74) is 1.95. The van der Waals surface area contributed by atoms with E-state index in [0.717, 1.165) is 16.9 Å². The summed E-state index contributed by atoms with van der Waals surface area (Å²) in [7, 11) is -3.52. The Labute approximate surface area is 179 Å². The molecule has 30 heavy (non-hydrogen) atoms. The predicted molar refractivity (Wildman–Crippen MR) is 117 cm³/mol. The van der Waals surface area contributed by atoms with Crippen LogP contribution in [0.15, 0.2) is 53.4 Å². The van der Waals surface area contributed by atoms with Crippen LogP contribution < -0.4 is 10.1 Å². The second-order valence-electron chi connectivity index (χ2n) is 7.98. The summed E-state index contributed by atoms with van der Waals surface area (Å²) in [6.45, 7) is 6.95. The SMILES string of the molecule is Cc1ccc(S(=O)(=O)N2CCC(C(=O)NCc3ccccc3OC(C)C)CC2)cc1. The number of para-hydroxylation sites is 1. The zero-order chi connectivity index (χ0) is 21.7. The number of benzene rings is 2. The van der Waals surface area contributed by atoms with E-state index in [2.05, 4.69) is 5.32 Å². The maximum atomic E-state index is 12.8. The monoisotopic (exact) mass is 430 g/mol. The smallest absolute Gasteiger partial charge is 0.243 e. The van der Waals surface area contributed by atoms with Crippen LogP contribution in [0.4, 0.5) is 0 Å². The van der Waals surface area contributed by atoms with Gasteiger partial charge in [0.05, 0.1) is 11.0 Å². The van der Waals surface area contributed by atoms with Crippen molar-refractivity contribution < 1.29 is 17.9 Å². The van der Waals surface area contributed by atoms with Gasteiger partial charge < -0.3 is 10.1 Å². The number of aryl methyl sites for hydroxylation is 1. The number of nitrogens with one attached hydrogen (secondary N) is 1. The molecule has 0 atom stereocenters. The van der Waals surface area contributed by atoms with Gasteiger partial charge in [0, 0.05) is 31.1 Å². The van der Waals surface area contributed by atoms with E-state index < -0.39 is 10.0 Å². The number of carbonyl (C=O) groups is 1. The molecule has 0 aliphatic carbocycles. The number of piperidine rings is 1. The predicted octanol–water partition coefficient (Wildman–Crippen LogP) is 3.50.